The summed E-state index contributed by atoms with van der Waals surface area (Å²) in [6.07, 6.45) is 7.28. The zero-order valence-electron chi connectivity index (χ0n) is 50.3. The summed E-state index contributed by atoms with van der Waals surface area (Å²) in [4.78, 5) is 95.2. The second kappa shape index (κ2) is 30.7. The first kappa shape index (κ1) is 64.5. The van der Waals surface area contributed by atoms with Crippen LogP contribution in [0.1, 0.15) is 97.5 Å². The number of carbonyl (C=O) groups is 6. The van der Waals surface area contributed by atoms with E-state index in [1.807, 2.05) is 66.7 Å². The smallest absolute Gasteiger partial charge is 0.408 e. The Morgan fingerprint density at radius 2 is 0.888 bits per heavy atom. The van der Waals surface area contributed by atoms with Crippen molar-refractivity contribution in [2.45, 2.75) is 96.4 Å². The minimum absolute atomic E-state index is 0.0750. The first-order chi connectivity index (χ1) is 42.9. The van der Waals surface area contributed by atoms with Crippen LogP contribution in [-0.2, 0) is 43.1 Å². The number of alkyl carbamates (subject to hydrolysis) is 3. The van der Waals surface area contributed by atoms with Gasteiger partial charge in [0, 0.05) is 66.8 Å². The number of carboxylic acids is 2. The van der Waals surface area contributed by atoms with Gasteiger partial charge < -0.3 is 60.2 Å². The number of benzene rings is 5. The number of aliphatic carboxylic acids is 2. The number of para-hydroxylation sites is 1. The third-order valence-electron chi connectivity index (χ3n) is 14.7. The number of amides is 3. The van der Waals surface area contributed by atoms with Gasteiger partial charge in [-0.25, -0.2) is 38.9 Å². The van der Waals surface area contributed by atoms with E-state index in [1.165, 1.54) is 55.7 Å². The molecule has 0 fully saturated rings. The van der Waals surface area contributed by atoms with E-state index in [0.29, 0.717) is 28.1 Å². The molecule has 2 aliphatic carbocycles. The van der Waals surface area contributed by atoms with Crippen molar-refractivity contribution in [2.24, 2.45) is 0 Å². The van der Waals surface area contributed by atoms with Crippen LogP contribution in [0.5, 0.6) is 0 Å². The SMILES string of the molecule is CC(C)(C)OC(=O)N[C@@H](Cc1cnc[nH]1)C(=O)O.CCN(CC)CC.O=C(NC(Cc1cnc[nH]1)C(=O)O)OCC1c2ccccc2-c2ccccc21.O=C(N[C@@H](Cc1cnc[nH]1)C(=O)n1nnc2ccccc21)OCC1c2ccccc2-c2ccccc21. The molecule has 4 aromatic heterocycles. The van der Waals surface area contributed by atoms with Gasteiger partial charge in [0.05, 0.1) is 24.5 Å². The number of hydrogen-bond acceptors (Lipinski definition) is 15. The molecule has 3 amide bonds. The third kappa shape index (κ3) is 17.4. The van der Waals surface area contributed by atoms with Crippen LogP contribution in [-0.4, -0.2) is 153 Å². The van der Waals surface area contributed by atoms with E-state index in [0.717, 1.165) is 44.5 Å². The Hall–Kier alpha value is -10.5. The van der Waals surface area contributed by atoms with Gasteiger partial charge in [-0.05, 0) is 97.0 Å². The van der Waals surface area contributed by atoms with E-state index < -0.39 is 59.9 Å². The highest BCUT2D eigenvalue weighted by Gasteiger charge is 2.33. The summed E-state index contributed by atoms with van der Waals surface area (Å²) < 4.78 is 17.3. The van der Waals surface area contributed by atoms with E-state index >= 15 is 0 Å². The van der Waals surface area contributed by atoms with Crippen LogP contribution in [0.15, 0.2) is 159 Å². The molecule has 0 radical (unpaired) electrons. The number of ether oxygens (including phenoxy) is 3. The van der Waals surface area contributed by atoms with Gasteiger partial charge in [-0.15, -0.1) is 5.10 Å². The average molecular weight is 1210 g/mol. The number of carboxylic acid groups (broad SMARTS) is 2. The Morgan fingerprint density at radius 1 is 0.528 bits per heavy atom. The van der Waals surface area contributed by atoms with Gasteiger partial charge in [-0.1, -0.05) is 135 Å². The lowest BCUT2D eigenvalue weighted by Crippen LogP contribution is -2.45. The van der Waals surface area contributed by atoms with Gasteiger partial charge in [-0.2, -0.15) is 4.68 Å². The highest BCUT2D eigenvalue weighted by atomic mass is 16.6. The van der Waals surface area contributed by atoms with E-state index in [-0.39, 0.29) is 44.3 Å². The van der Waals surface area contributed by atoms with Gasteiger partial charge in [0.1, 0.15) is 42.5 Å². The second-order valence-corrected chi connectivity index (χ2v) is 21.7. The molecule has 89 heavy (non-hydrogen) atoms. The Balaban J connectivity index is 0.000000172. The fourth-order valence-corrected chi connectivity index (χ4v) is 10.3. The summed E-state index contributed by atoms with van der Waals surface area (Å²) >= 11 is 0. The van der Waals surface area contributed by atoms with Crippen molar-refractivity contribution in [1.82, 2.24) is 65.7 Å². The second-order valence-electron chi connectivity index (χ2n) is 21.7. The third-order valence-corrected chi connectivity index (χ3v) is 14.7. The number of H-pyrrole nitrogens is 3. The minimum Gasteiger partial charge on any atom is -0.480 e. The van der Waals surface area contributed by atoms with Crippen LogP contribution in [0.25, 0.3) is 33.3 Å². The molecule has 0 saturated heterocycles. The van der Waals surface area contributed by atoms with E-state index in [1.54, 1.807) is 45.2 Å². The minimum atomic E-state index is -1.14. The lowest BCUT2D eigenvalue weighted by molar-refractivity contribution is -0.140. The zero-order chi connectivity index (χ0) is 63.5. The fourth-order valence-electron chi connectivity index (χ4n) is 10.3. The van der Waals surface area contributed by atoms with Crippen LogP contribution < -0.4 is 16.0 Å². The zero-order valence-corrected chi connectivity index (χ0v) is 50.3. The van der Waals surface area contributed by atoms with Gasteiger partial charge in [0.15, 0.2) is 0 Å². The van der Waals surface area contributed by atoms with Crippen molar-refractivity contribution < 1.29 is 53.2 Å². The van der Waals surface area contributed by atoms with E-state index in [4.69, 9.17) is 19.3 Å². The fraction of sp³-hybridized carbons (Fsp3) is 0.308. The number of rotatable bonds is 19. The van der Waals surface area contributed by atoms with E-state index in [9.17, 15) is 33.9 Å². The number of nitrogens with one attached hydrogen (secondary N) is 6. The molecule has 9 aromatic rings. The number of carbonyl (C=O) groups excluding carboxylic acids is 4. The summed E-state index contributed by atoms with van der Waals surface area (Å²) in [7, 11) is 0. The monoisotopic (exact) mass is 1210 g/mol. The van der Waals surface area contributed by atoms with Crippen molar-refractivity contribution in [3.63, 3.8) is 0 Å². The summed E-state index contributed by atoms with van der Waals surface area (Å²) in [5, 5.41) is 33.9. The van der Waals surface area contributed by atoms with Crippen LogP contribution >= 0.6 is 0 Å². The number of hydrogen-bond donors (Lipinski definition) is 8. The molecule has 5 aromatic carbocycles. The average Bonchev–Trinajstić information content (AvgIpc) is 1.72. The van der Waals surface area contributed by atoms with Gasteiger partial charge >= 0.3 is 30.2 Å². The standard InChI is InChI=1S/C27H22N6O3.C21H19N3O4.C11H17N3O4.C6H15N/c34-26(33-25-12-6-5-11-23(25)31-32-33)24(13-17-14-28-16-29-17)30-27(35)36-15-22-20-9-3-1-7-18(20)19-8-2-4-10-21(19)22;25-20(26)19(9-13-10-22-12-23-13)24-21(27)28-11-18-16-7-3-1-5-14(16)15-6-2-4-8-17(15)18;1-11(2,3)18-10(17)14-8(9(15)16)4-7-5-12-6-13-7;1-4-7(5-2)6-3/h1-12,14,16,22,24H,13,15H2,(H,28,29)(H,30,35);1-8,10,12,18-19H,9,11H2,(H,22,23)(H,24,27)(H,25,26);5-6,8H,4H2,1-3H3,(H,12,13)(H,14,17)(H,15,16);4-6H2,1-3H3/t24-;;8-;/m0.0./s1. The maximum absolute atomic E-state index is 13.4. The predicted octanol–water partition coefficient (Wildman–Crippen LogP) is 9.17. The molecule has 3 atom stereocenters. The normalized spacial score (nSPS) is 13.0. The number of aromatic nitrogens is 9. The number of aromatic amines is 3. The topological polar surface area (TPSA) is 327 Å². The summed E-state index contributed by atoms with van der Waals surface area (Å²) in [6.45, 7) is 15.5. The molecule has 0 aliphatic heterocycles. The molecule has 2 aliphatic rings. The van der Waals surface area contributed by atoms with Crippen LogP contribution in [0.2, 0.25) is 0 Å². The molecule has 464 valence electrons. The van der Waals surface area contributed by atoms with Crippen molar-refractivity contribution in [3.8, 4) is 22.3 Å². The number of nitrogens with zero attached hydrogens (tertiary/aromatic N) is 7. The van der Waals surface area contributed by atoms with Crippen LogP contribution in [0.4, 0.5) is 14.4 Å². The maximum atomic E-state index is 13.4. The molecule has 8 N–H and O–H groups in total. The Bertz CT molecular complexity index is 3690. The maximum Gasteiger partial charge on any atom is 0.408 e. The highest BCUT2D eigenvalue weighted by Crippen LogP contribution is 2.45. The number of fused-ring (bicyclic) bond motifs is 7. The lowest BCUT2D eigenvalue weighted by Gasteiger charge is -2.21. The van der Waals surface area contributed by atoms with Crippen molar-refractivity contribution >= 4 is 47.2 Å². The van der Waals surface area contributed by atoms with Gasteiger partial charge in [0.2, 0.25) is 0 Å². The quantitative estimate of drug-likeness (QED) is 0.0350. The molecule has 11 rings (SSSR count). The Kier molecular flexibility index (Phi) is 22.3. The molecular weight excluding hydrogens is 1140 g/mol. The molecule has 24 nitrogen and oxygen atoms in total. The summed E-state index contributed by atoms with van der Waals surface area (Å²) in [5.74, 6) is -2.84. The van der Waals surface area contributed by atoms with Crippen LogP contribution in [0.3, 0.4) is 0 Å². The molecule has 0 spiro atoms. The van der Waals surface area contributed by atoms with Crippen molar-refractivity contribution in [2.75, 3.05) is 32.8 Å². The molecule has 0 bridgehead atoms. The largest absolute Gasteiger partial charge is 0.480 e. The van der Waals surface area contributed by atoms with Gasteiger partial charge in [0.25, 0.3) is 5.91 Å². The highest BCUT2D eigenvalue weighted by molar-refractivity contribution is 5.94. The first-order valence-corrected chi connectivity index (χ1v) is 29.1. The summed E-state index contributed by atoms with van der Waals surface area (Å²) in [6, 6.07) is 36.4. The first-order valence-electron chi connectivity index (χ1n) is 29.1. The molecule has 1 unspecified atom stereocenters. The van der Waals surface area contributed by atoms with Crippen molar-refractivity contribution in [1.29, 1.82) is 0 Å². The number of imidazole rings is 3. The molecule has 0 saturated carbocycles. The molecular formula is C65H73N13O11. The van der Waals surface area contributed by atoms with Gasteiger partial charge in [-0.3, -0.25) is 4.79 Å². The van der Waals surface area contributed by atoms with Crippen molar-refractivity contribution in [3.05, 3.63) is 198 Å². The van der Waals surface area contributed by atoms with E-state index in [2.05, 4.69) is 118 Å². The van der Waals surface area contributed by atoms with Crippen LogP contribution in [0, 0.1) is 0 Å². The summed E-state index contributed by atoms with van der Waals surface area (Å²) in [5.41, 5.74) is 11.4. The Labute approximate surface area is 513 Å². The molecule has 4 heterocycles. The lowest BCUT2D eigenvalue weighted by atomic mass is 9.98. The predicted molar refractivity (Wildman–Crippen MR) is 331 cm³/mol. The molecule has 24 heteroatoms. The Morgan fingerprint density at radius 3 is 1.25 bits per heavy atom.